The lowest BCUT2D eigenvalue weighted by Crippen LogP contribution is -2.16. The third-order valence-electron chi connectivity index (χ3n) is 3.17. The number of carbonyl (C=O) groups is 1. The van der Waals surface area contributed by atoms with Gasteiger partial charge in [0, 0.05) is 0 Å². The van der Waals surface area contributed by atoms with E-state index >= 15 is 0 Å². The molecule has 0 aromatic carbocycles. The van der Waals surface area contributed by atoms with Crippen LogP contribution in [0.3, 0.4) is 0 Å². The summed E-state index contributed by atoms with van der Waals surface area (Å²) in [7, 11) is -2.99. The lowest BCUT2D eigenvalue weighted by atomic mass is 10.1. The first-order chi connectivity index (χ1) is 8.44. The summed E-state index contributed by atoms with van der Waals surface area (Å²) in [5.41, 5.74) is 0.813. The van der Waals surface area contributed by atoms with Gasteiger partial charge in [-0.3, -0.25) is 4.68 Å². The molecule has 1 fully saturated rings. The van der Waals surface area contributed by atoms with Crippen LogP contribution in [0.1, 0.15) is 41.9 Å². The Bertz CT molecular complexity index is 562. The maximum Gasteiger partial charge on any atom is 0.339 e. The summed E-state index contributed by atoms with van der Waals surface area (Å²) in [6.07, 6.45) is 3.22. The standard InChI is InChI=1S/C11H16N2O4S/c1-2-3-10-9(11(14)15)6-12-13(10)8-4-5-18(16,17)7-8/h6,8H,2-5,7H2,1H3,(H,14,15). The van der Waals surface area contributed by atoms with Gasteiger partial charge >= 0.3 is 5.97 Å². The van der Waals surface area contributed by atoms with Gasteiger partial charge in [-0.2, -0.15) is 5.10 Å². The van der Waals surface area contributed by atoms with Crippen molar-refractivity contribution < 1.29 is 18.3 Å². The molecule has 18 heavy (non-hydrogen) atoms. The molecular weight excluding hydrogens is 256 g/mol. The Labute approximate surface area is 106 Å². The fourth-order valence-corrected chi connectivity index (χ4v) is 4.03. The molecule has 1 aliphatic rings. The lowest BCUT2D eigenvalue weighted by molar-refractivity contribution is 0.0695. The van der Waals surface area contributed by atoms with Crippen LogP contribution in [-0.4, -0.2) is 40.8 Å². The van der Waals surface area contributed by atoms with E-state index in [1.807, 2.05) is 6.92 Å². The van der Waals surface area contributed by atoms with Gasteiger partial charge in [-0.1, -0.05) is 13.3 Å². The van der Waals surface area contributed by atoms with Crippen LogP contribution in [0.25, 0.3) is 0 Å². The Kier molecular flexibility index (Phi) is 3.43. The Morgan fingerprint density at radius 1 is 1.61 bits per heavy atom. The second kappa shape index (κ2) is 4.72. The van der Waals surface area contributed by atoms with E-state index in [-0.39, 0.29) is 23.1 Å². The van der Waals surface area contributed by atoms with Gasteiger partial charge in [-0.05, 0) is 12.8 Å². The molecule has 0 amide bonds. The zero-order chi connectivity index (χ0) is 13.3. The van der Waals surface area contributed by atoms with Gasteiger partial charge in [0.1, 0.15) is 5.56 Å². The number of aromatic nitrogens is 2. The first-order valence-electron chi connectivity index (χ1n) is 5.94. The molecule has 0 bridgehead atoms. The van der Waals surface area contributed by atoms with Crippen molar-refractivity contribution >= 4 is 15.8 Å². The molecular formula is C11H16N2O4S. The fourth-order valence-electron chi connectivity index (χ4n) is 2.34. The van der Waals surface area contributed by atoms with Gasteiger partial charge in [-0.15, -0.1) is 0 Å². The summed E-state index contributed by atoms with van der Waals surface area (Å²) in [5.74, 6) is -0.791. The maximum atomic E-state index is 11.5. The molecule has 0 saturated carbocycles. The fraction of sp³-hybridized carbons (Fsp3) is 0.636. The Balaban J connectivity index is 2.36. The third kappa shape index (κ3) is 2.40. The summed E-state index contributed by atoms with van der Waals surface area (Å²) >= 11 is 0. The smallest absolute Gasteiger partial charge is 0.339 e. The maximum absolute atomic E-state index is 11.5. The molecule has 1 aromatic heterocycles. The van der Waals surface area contributed by atoms with Crippen LogP contribution in [0.5, 0.6) is 0 Å². The Hall–Kier alpha value is -1.37. The second-order valence-electron chi connectivity index (χ2n) is 4.56. The number of hydrogen-bond acceptors (Lipinski definition) is 4. The van der Waals surface area contributed by atoms with Gasteiger partial charge < -0.3 is 5.11 Å². The number of rotatable bonds is 4. The molecule has 1 unspecified atom stereocenters. The largest absolute Gasteiger partial charge is 0.478 e. The number of aromatic carboxylic acids is 1. The highest BCUT2D eigenvalue weighted by Crippen LogP contribution is 2.26. The van der Waals surface area contributed by atoms with Gasteiger partial charge in [0.15, 0.2) is 9.84 Å². The molecule has 1 aromatic rings. The van der Waals surface area contributed by atoms with Crippen LogP contribution >= 0.6 is 0 Å². The molecule has 0 aliphatic carbocycles. The van der Waals surface area contributed by atoms with Gasteiger partial charge in [0.25, 0.3) is 0 Å². The van der Waals surface area contributed by atoms with E-state index in [2.05, 4.69) is 5.10 Å². The highest BCUT2D eigenvalue weighted by molar-refractivity contribution is 7.91. The molecule has 0 radical (unpaired) electrons. The minimum Gasteiger partial charge on any atom is -0.478 e. The molecule has 7 heteroatoms. The first-order valence-corrected chi connectivity index (χ1v) is 7.77. The van der Waals surface area contributed by atoms with E-state index in [4.69, 9.17) is 5.11 Å². The average Bonchev–Trinajstić information content (AvgIpc) is 2.82. The minimum atomic E-state index is -2.99. The monoisotopic (exact) mass is 272 g/mol. The summed E-state index contributed by atoms with van der Waals surface area (Å²) in [6.45, 7) is 1.95. The molecule has 100 valence electrons. The molecule has 2 heterocycles. The summed E-state index contributed by atoms with van der Waals surface area (Å²) < 4.78 is 24.5. The van der Waals surface area contributed by atoms with Crippen molar-refractivity contribution in [3.8, 4) is 0 Å². The van der Waals surface area contributed by atoms with Crippen molar-refractivity contribution in [2.45, 2.75) is 32.2 Å². The normalized spacial score (nSPS) is 22.2. The molecule has 6 nitrogen and oxygen atoms in total. The molecule has 2 rings (SSSR count). The van der Waals surface area contributed by atoms with E-state index in [0.29, 0.717) is 18.5 Å². The first kappa shape index (κ1) is 13.1. The summed E-state index contributed by atoms with van der Waals surface area (Å²) in [6, 6.07) is -0.218. The van der Waals surface area contributed by atoms with Gasteiger partial charge in [0.05, 0.1) is 29.4 Å². The number of nitrogens with zero attached hydrogens (tertiary/aromatic N) is 2. The quantitative estimate of drug-likeness (QED) is 0.879. The van der Waals surface area contributed by atoms with Crippen LogP contribution in [0, 0.1) is 0 Å². The Morgan fingerprint density at radius 2 is 2.33 bits per heavy atom. The third-order valence-corrected chi connectivity index (χ3v) is 4.92. The van der Waals surface area contributed by atoms with E-state index in [0.717, 1.165) is 6.42 Å². The SMILES string of the molecule is CCCc1c(C(=O)O)cnn1C1CCS(=O)(=O)C1. The van der Waals surface area contributed by atoms with E-state index in [1.165, 1.54) is 6.20 Å². The van der Waals surface area contributed by atoms with Crippen LogP contribution in [0.15, 0.2) is 6.20 Å². The molecule has 1 aliphatic heterocycles. The molecule has 0 spiro atoms. The van der Waals surface area contributed by atoms with Gasteiger partial charge in [-0.25, -0.2) is 13.2 Å². The number of hydrogen-bond donors (Lipinski definition) is 1. The zero-order valence-electron chi connectivity index (χ0n) is 10.2. The minimum absolute atomic E-state index is 0.0600. The van der Waals surface area contributed by atoms with E-state index in [1.54, 1.807) is 4.68 Å². The lowest BCUT2D eigenvalue weighted by Gasteiger charge is -2.13. The number of sulfone groups is 1. The van der Waals surface area contributed by atoms with Crippen molar-refractivity contribution in [1.29, 1.82) is 0 Å². The summed E-state index contributed by atoms with van der Waals surface area (Å²) in [5, 5.41) is 13.2. The molecule has 1 saturated heterocycles. The van der Waals surface area contributed by atoms with Crippen molar-refractivity contribution in [1.82, 2.24) is 9.78 Å². The highest BCUT2D eigenvalue weighted by Gasteiger charge is 2.32. The molecule has 1 N–H and O–H groups in total. The van der Waals surface area contributed by atoms with Crippen molar-refractivity contribution in [3.63, 3.8) is 0 Å². The number of carboxylic acid groups (broad SMARTS) is 1. The van der Waals surface area contributed by atoms with Crippen molar-refractivity contribution in [3.05, 3.63) is 17.5 Å². The van der Waals surface area contributed by atoms with Crippen LogP contribution in [0.4, 0.5) is 0 Å². The highest BCUT2D eigenvalue weighted by atomic mass is 32.2. The number of carboxylic acids is 1. The molecule has 1 atom stereocenters. The van der Waals surface area contributed by atoms with Gasteiger partial charge in [0.2, 0.25) is 0 Å². The van der Waals surface area contributed by atoms with Crippen molar-refractivity contribution in [2.24, 2.45) is 0 Å². The van der Waals surface area contributed by atoms with Crippen LogP contribution < -0.4 is 0 Å². The average molecular weight is 272 g/mol. The Morgan fingerprint density at radius 3 is 2.83 bits per heavy atom. The van der Waals surface area contributed by atoms with E-state index < -0.39 is 15.8 Å². The predicted molar refractivity (Wildman–Crippen MR) is 65.5 cm³/mol. The van der Waals surface area contributed by atoms with Crippen LogP contribution in [0.2, 0.25) is 0 Å². The predicted octanol–water partition coefficient (Wildman–Crippen LogP) is 0.893. The van der Waals surface area contributed by atoms with Crippen LogP contribution in [-0.2, 0) is 16.3 Å². The summed E-state index contributed by atoms with van der Waals surface area (Å²) in [4.78, 5) is 11.1. The van der Waals surface area contributed by atoms with Crippen molar-refractivity contribution in [2.75, 3.05) is 11.5 Å². The zero-order valence-corrected chi connectivity index (χ0v) is 11.0. The second-order valence-corrected chi connectivity index (χ2v) is 6.79. The van der Waals surface area contributed by atoms with E-state index in [9.17, 15) is 13.2 Å². The topological polar surface area (TPSA) is 89.3 Å².